The number of nitro groups is 1. The van der Waals surface area contributed by atoms with Crippen LogP contribution < -0.4 is 16.6 Å². The first-order valence-electron chi connectivity index (χ1n) is 8.34. The zero-order valence-corrected chi connectivity index (χ0v) is 16.8. The molecule has 13 heteroatoms. The zero-order chi connectivity index (χ0) is 21.5. The number of nitrogens with one attached hydrogen (secondary N) is 2. The number of non-ortho nitro benzene ring substituents is 1. The Bertz CT molecular complexity index is 1090. The lowest BCUT2D eigenvalue weighted by Crippen LogP contribution is -2.16. The van der Waals surface area contributed by atoms with Crippen molar-refractivity contribution in [3.05, 3.63) is 69.2 Å². The number of amides is 1. The molecule has 1 amide bonds. The van der Waals surface area contributed by atoms with Crippen LogP contribution in [0.2, 0.25) is 5.02 Å². The number of carbonyl (C=O) groups is 1. The second-order valence-corrected chi connectivity index (χ2v) is 7.12. The molecule has 11 nitrogen and oxygen atoms in total. The molecule has 0 saturated heterocycles. The Morgan fingerprint density at radius 1 is 1.30 bits per heavy atom. The monoisotopic (exact) mass is 446 g/mol. The molecule has 1 aromatic heterocycles. The summed E-state index contributed by atoms with van der Waals surface area (Å²) < 4.78 is 1.16. The van der Waals surface area contributed by atoms with Gasteiger partial charge in [0.1, 0.15) is 0 Å². The van der Waals surface area contributed by atoms with Crippen molar-refractivity contribution in [3.8, 4) is 0 Å². The third-order valence-electron chi connectivity index (χ3n) is 3.59. The standard InChI is InChI=1S/C17H15ClN8O3S/c18-12-2-1-3-13(8-12)21-15(27)10-30-17-24-23-16(25(17)19)22-20-9-11-4-6-14(7-5-11)26(28)29/h1-9H,10,19H2,(H,21,27)(H,22,23)/b20-9+. The number of nitrogen functional groups attached to an aromatic ring is 1. The topological polar surface area (TPSA) is 153 Å². The van der Waals surface area contributed by atoms with Crippen LogP contribution in [0.4, 0.5) is 17.3 Å². The van der Waals surface area contributed by atoms with Gasteiger partial charge in [-0.2, -0.15) is 5.10 Å². The van der Waals surface area contributed by atoms with Crippen LogP contribution in [0, 0.1) is 10.1 Å². The third kappa shape index (κ3) is 5.68. The van der Waals surface area contributed by atoms with E-state index in [0.29, 0.717) is 21.4 Å². The van der Waals surface area contributed by atoms with Gasteiger partial charge >= 0.3 is 0 Å². The summed E-state index contributed by atoms with van der Waals surface area (Å²) >= 11 is 6.98. The second kappa shape index (κ2) is 9.71. The van der Waals surface area contributed by atoms with Gasteiger partial charge in [-0.25, -0.2) is 10.1 Å². The van der Waals surface area contributed by atoms with E-state index in [-0.39, 0.29) is 23.3 Å². The Morgan fingerprint density at radius 3 is 2.77 bits per heavy atom. The van der Waals surface area contributed by atoms with Gasteiger partial charge in [0.2, 0.25) is 11.1 Å². The quantitative estimate of drug-likeness (QED) is 0.157. The van der Waals surface area contributed by atoms with Crippen molar-refractivity contribution in [2.75, 3.05) is 22.3 Å². The molecule has 0 radical (unpaired) electrons. The lowest BCUT2D eigenvalue weighted by molar-refractivity contribution is -0.384. The lowest BCUT2D eigenvalue weighted by Gasteiger charge is -2.05. The van der Waals surface area contributed by atoms with Crippen LogP contribution in [0.15, 0.2) is 58.8 Å². The van der Waals surface area contributed by atoms with Gasteiger partial charge in [0.05, 0.1) is 16.9 Å². The smallest absolute Gasteiger partial charge is 0.269 e. The van der Waals surface area contributed by atoms with Gasteiger partial charge in [0.15, 0.2) is 0 Å². The molecule has 1 heterocycles. The maximum atomic E-state index is 12.1. The van der Waals surface area contributed by atoms with Crippen molar-refractivity contribution in [2.45, 2.75) is 5.16 Å². The molecular weight excluding hydrogens is 432 g/mol. The number of benzene rings is 2. The van der Waals surface area contributed by atoms with Gasteiger partial charge in [0.25, 0.3) is 11.6 Å². The Kier molecular flexibility index (Phi) is 6.83. The Hall–Kier alpha value is -3.64. The highest BCUT2D eigenvalue weighted by atomic mass is 35.5. The number of halogens is 1. The van der Waals surface area contributed by atoms with E-state index < -0.39 is 4.92 Å². The molecule has 0 aliphatic carbocycles. The van der Waals surface area contributed by atoms with Gasteiger partial charge < -0.3 is 11.2 Å². The molecule has 30 heavy (non-hydrogen) atoms. The third-order valence-corrected chi connectivity index (χ3v) is 4.77. The van der Waals surface area contributed by atoms with E-state index in [1.54, 1.807) is 36.4 Å². The molecular formula is C17H15ClN8O3S. The molecule has 0 atom stereocenters. The maximum absolute atomic E-state index is 12.1. The van der Waals surface area contributed by atoms with Crippen LogP contribution in [0.25, 0.3) is 0 Å². The lowest BCUT2D eigenvalue weighted by atomic mass is 10.2. The average Bonchev–Trinajstić information content (AvgIpc) is 3.06. The SMILES string of the molecule is Nn1c(N/N=C/c2ccc([N+](=O)[O-])cc2)nnc1SCC(=O)Nc1cccc(Cl)c1. The van der Waals surface area contributed by atoms with E-state index in [1.807, 2.05) is 0 Å². The number of nitrogens with zero attached hydrogens (tertiary/aromatic N) is 5. The molecule has 0 aliphatic heterocycles. The second-order valence-electron chi connectivity index (χ2n) is 5.74. The molecule has 0 bridgehead atoms. The molecule has 3 rings (SSSR count). The van der Waals surface area contributed by atoms with Gasteiger partial charge in [0, 0.05) is 22.8 Å². The molecule has 2 aromatic carbocycles. The highest BCUT2D eigenvalue weighted by Crippen LogP contribution is 2.19. The van der Waals surface area contributed by atoms with Crippen LogP contribution >= 0.6 is 23.4 Å². The summed E-state index contributed by atoms with van der Waals surface area (Å²) in [6, 6.07) is 12.7. The Labute approximate surface area is 179 Å². The first-order valence-corrected chi connectivity index (χ1v) is 9.71. The number of rotatable bonds is 8. The minimum Gasteiger partial charge on any atom is -0.334 e. The van der Waals surface area contributed by atoms with Crippen LogP contribution in [-0.2, 0) is 4.79 Å². The fourth-order valence-corrected chi connectivity index (χ4v) is 3.04. The van der Waals surface area contributed by atoms with Crippen molar-refractivity contribution < 1.29 is 9.72 Å². The molecule has 0 spiro atoms. The number of hydrogen-bond donors (Lipinski definition) is 3. The van der Waals surface area contributed by atoms with Gasteiger partial charge in [-0.1, -0.05) is 29.4 Å². The van der Waals surface area contributed by atoms with Crippen LogP contribution in [0.5, 0.6) is 0 Å². The van der Waals surface area contributed by atoms with E-state index in [0.717, 1.165) is 16.4 Å². The molecule has 4 N–H and O–H groups in total. The number of hydrazone groups is 1. The molecule has 0 aliphatic rings. The summed E-state index contributed by atoms with van der Waals surface area (Å²) in [4.78, 5) is 22.2. The zero-order valence-electron chi connectivity index (χ0n) is 15.2. The molecule has 0 fully saturated rings. The van der Waals surface area contributed by atoms with E-state index in [2.05, 4.69) is 26.0 Å². The number of aromatic nitrogens is 3. The number of anilines is 2. The number of nitro benzene ring substituents is 1. The van der Waals surface area contributed by atoms with Crippen LogP contribution in [0.1, 0.15) is 5.56 Å². The summed E-state index contributed by atoms with van der Waals surface area (Å²) in [6.07, 6.45) is 1.45. The molecule has 0 saturated carbocycles. The van der Waals surface area contributed by atoms with E-state index in [1.165, 1.54) is 18.3 Å². The van der Waals surface area contributed by atoms with Crippen molar-refractivity contribution in [1.29, 1.82) is 0 Å². The first-order chi connectivity index (χ1) is 14.4. The fourth-order valence-electron chi connectivity index (χ4n) is 2.19. The molecule has 3 aromatic rings. The van der Waals surface area contributed by atoms with E-state index in [9.17, 15) is 14.9 Å². The van der Waals surface area contributed by atoms with Crippen molar-refractivity contribution in [3.63, 3.8) is 0 Å². The minimum atomic E-state index is -0.482. The summed E-state index contributed by atoms with van der Waals surface area (Å²) in [5, 5.41) is 25.9. The van der Waals surface area contributed by atoms with E-state index in [4.69, 9.17) is 17.4 Å². The summed E-state index contributed by atoms with van der Waals surface area (Å²) in [6.45, 7) is 0. The summed E-state index contributed by atoms with van der Waals surface area (Å²) in [7, 11) is 0. The molecule has 0 unspecified atom stereocenters. The number of hydrogen-bond acceptors (Lipinski definition) is 9. The van der Waals surface area contributed by atoms with Crippen LogP contribution in [0.3, 0.4) is 0 Å². The van der Waals surface area contributed by atoms with Gasteiger partial charge in [-0.15, -0.1) is 10.2 Å². The number of thioether (sulfide) groups is 1. The maximum Gasteiger partial charge on any atom is 0.269 e. The Balaban J connectivity index is 1.52. The first kappa shape index (κ1) is 21.1. The fraction of sp³-hybridized carbons (Fsp3) is 0.0588. The van der Waals surface area contributed by atoms with Gasteiger partial charge in [-0.3, -0.25) is 14.9 Å². The van der Waals surface area contributed by atoms with E-state index >= 15 is 0 Å². The Morgan fingerprint density at radius 2 is 2.07 bits per heavy atom. The van der Waals surface area contributed by atoms with Gasteiger partial charge in [-0.05, 0) is 35.9 Å². The number of carbonyl (C=O) groups excluding carboxylic acids is 1. The van der Waals surface area contributed by atoms with Crippen molar-refractivity contribution in [1.82, 2.24) is 14.9 Å². The predicted octanol–water partition coefficient (Wildman–Crippen LogP) is 2.73. The summed E-state index contributed by atoms with van der Waals surface area (Å²) in [5.74, 6) is 5.87. The van der Waals surface area contributed by atoms with Crippen LogP contribution in [-0.4, -0.2) is 37.7 Å². The van der Waals surface area contributed by atoms with Crippen molar-refractivity contribution in [2.24, 2.45) is 5.10 Å². The average molecular weight is 447 g/mol. The number of nitrogens with two attached hydrogens (primary N) is 1. The highest BCUT2D eigenvalue weighted by Gasteiger charge is 2.12. The highest BCUT2D eigenvalue weighted by molar-refractivity contribution is 7.99. The van der Waals surface area contributed by atoms with Crippen molar-refractivity contribution >= 4 is 52.8 Å². The normalized spacial score (nSPS) is 10.8. The minimum absolute atomic E-state index is 0.0112. The largest absolute Gasteiger partial charge is 0.334 e. The summed E-state index contributed by atoms with van der Waals surface area (Å²) in [5.41, 5.74) is 3.84. The molecule has 154 valence electrons. The predicted molar refractivity (Wildman–Crippen MR) is 115 cm³/mol.